The Labute approximate surface area is 340 Å². The Morgan fingerprint density at radius 2 is 1.28 bits per heavy atom. The number of hydrogen-bond donors (Lipinski definition) is 4. The molecule has 6 aliphatic heterocycles. The second kappa shape index (κ2) is 15.1. The minimum Gasteiger partial charge on any atom is -0.390 e. The van der Waals surface area contributed by atoms with Crippen LogP contribution in [0.25, 0.3) is 0 Å². The van der Waals surface area contributed by atoms with Crippen LogP contribution in [0, 0.1) is 28.6 Å². The fourth-order valence-corrected chi connectivity index (χ4v) is 13.1. The molecule has 58 heavy (non-hydrogen) atoms. The lowest BCUT2D eigenvalue weighted by Crippen LogP contribution is -2.63. The average Bonchev–Trinajstić information content (AvgIpc) is 3.73. The molecule has 6 saturated heterocycles. The van der Waals surface area contributed by atoms with Crippen LogP contribution in [0.5, 0.6) is 0 Å². The highest BCUT2D eigenvalue weighted by Crippen LogP contribution is 2.74. The number of aliphatic hydroxyl groups is 4. The standard InChI is InChI=1S/C42H66O16/c1-20-34(44)28(47-6)14-32(52-20)56-36-22(3)54-33(16-30(36)49-8)57-35-21(2)53-31(15-29(35)48-7)55-27-13-23-9-10-25-24(38(23,4)17-26(27)43)11-12-40-18-50-39(5)37(40)41(45,19-51-39)58-42(25,40)46/h9,20-22,24-37,43-46H,10-19H2,1-8H3/t20-,21-,22+,24+,25-,26-,27-,28+,29+,30-,31+,32+,33+,34-,35-,36-,37-,38+,39+,40+,41-,42-/m1/s1. The lowest BCUT2D eigenvalue weighted by molar-refractivity contribution is -0.352. The third-order valence-electron chi connectivity index (χ3n) is 16.0. The monoisotopic (exact) mass is 826 g/mol. The van der Waals surface area contributed by atoms with Gasteiger partial charge in [0.2, 0.25) is 5.79 Å². The van der Waals surface area contributed by atoms with Gasteiger partial charge in [-0.1, -0.05) is 18.6 Å². The molecular weight excluding hydrogens is 760 g/mol. The van der Waals surface area contributed by atoms with E-state index in [0.717, 1.165) is 6.42 Å². The third kappa shape index (κ3) is 6.45. The van der Waals surface area contributed by atoms with Gasteiger partial charge in [-0.05, 0) is 71.1 Å². The van der Waals surface area contributed by atoms with Crippen molar-refractivity contribution in [2.24, 2.45) is 28.6 Å². The van der Waals surface area contributed by atoms with E-state index in [1.54, 1.807) is 28.3 Å². The third-order valence-corrected chi connectivity index (χ3v) is 16.0. The maximum atomic E-state index is 12.5. The SMILES string of the molecule is CO[C@H]1C[C@H](O[C@@H]2[C@H](C)O[C@@H](O[C@H]3[C@@H](OC)C[C@H](O[C@@H]4CC5=CC[C@@H]6[C@H](CC[C@@]78CO[C@@]9(C)OC[C@@](O)(O[C@]67O)[C@H]98)[C@@]5(C)C[C@H]4O)O[C@@H]3C)C[C@H]2OC)O[C@H](C)[C@H]1O. The molecule has 0 aromatic rings. The molecule has 0 amide bonds. The van der Waals surface area contributed by atoms with E-state index < -0.39 is 108 Å². The van der Waals surface area contributed by atoms with Crippen LogP contribution in [0.4, 0.5) is 0 Å². The number of aliphatic hydroxyl groups excluding tert-OH is 2. The largest absolute Gasteiger partial charge is 0.390 e. The molecule has 8 fully saturated rings. The molecule has 6 heterocycles. The molecule has 2 saturated carbocycles. The highest BCUT2D eigenvalue weighted by Gasteiger charge is 2.85. The quantitative estimate of drug-likeness (QED) is 0.248. The van der Waals surface area contributed by atoms with Crippen molar-refractivity contribution in [3.05, 3.63) is 11.6 Å². The summed E-state index contributed by atoms with van der Waals surface area (Å²) in [5, 5.41) is 46.3. The van der Waals surface area contributed by atoms with Crippen molar-refractivity contribution in [3.8, 4) is 0 Å². The van der Waals surface area contributed by atoms with Gasteiger partial charge in [-0.25, -0.2) is 0 Å². The van der Waals surface area contributed by atoms with Crippen molar-refractivity contribution >= 4 is 0 Å². The summed E-state index contributed by atoms with van der Waals surface area (Å²) in [6.07, 6.45) is -0.740. The lowest BCUT2D eigenvalue weighted by Gasteiger charge is -2.60. The number of hydrogen-bond acceptors (Lipinski definition) is 16. The molecule has 0 aromatic heterocycles. The van der Waals surface area contributed by atoms with Gasteiger partial charge in [0.15, 0.2) is 30.4 Å². The molecule has 22 atom stereocenters. The van der Waals surface area contributed by atoms with Gasteiger partial charge < -0.3 is 77.3 Å². The zero-order valence-electron chi connectivity index (χ0n) is 35.2. The van der Waals surface area contributed by atoms with Crippen LogP contribution in [-0.2, 0) is 56.8 Å². The van der Waals surface area contributed by atoms with Crippen molar-refractivity contribution in [1.82, 2.24) is 0 Å². The highest BCUT2D eigenvalue weighted by atomic mass is 16.8. The van der Waals surface area contributed by atoms with E-state index in [4.69, 9.17) is 56.8 Å². The maximum Gasteiger partial charge on any atom is 0.201 e. The van der Waals surface area contributed by atoms with Crippen LogP contribution < -0.4 is 0 Å². The van der Waals surface area contributed by atoms with Gasteiger partial charge in [0.25, 0.3) is 0 Å². The topological polar surface area (TPSA) is 192 Å². The van der Waals surface area contributed by atoms with Crippen LogP contribution in [0.2, 0.25) is 0 Å². The Bertz CT molecular complexity index is 1550. The first-order valence-electron chi connectivity index (χ1n) is 21.5. The van der Waals surface area contributed by atoms with Gasteiger partial charge in [0, 0.05) is 46.5 Å². The summed E-state index contributed by atoms with van der Waals surface area (Å²) in [4.78, 5) is 0. The summed E-state index contributed by atoms with van der Waals surface area (Å²) >= 11 is 0. The Balaban J connectivity index is 0.823. The van der Waals surface area contributed by atoms with Gasteiger partial charge in [-0.2, -0.15) is 0 Å². The normalized spacial score (nSPS) is 57.6. The molecule has 16 heteroatoms. The first kappa shape index (κ1) is 42.4. The summed E-state index contributed by atoms with van der Waals surface area (Å²) in [6.45, 7) is 9.91. The average molecular weight is 827 g/mol. The van der Waals surface area contributed by atoms with Gasteiger partial charge in [0.05, 0.1) is 66.8 Å². The molecule has 3 aliphatic carbocycles. The second-order valence-electron chi connectivity index (χ2n) is 19.1. The van der Waals surface area contributed by atoms with Crippen LogP contribution in [-0.4, -0.2) is 158 Å². The van der Waals surface area contributed by atoms with Gasteiger partial charge in [-0.15, -0.1) is 0 Å². The van der Waals surface area contributed by atoms with Crippen molar-refractivity contribution in [1.29, 1.82) is 0 Å². The van der Waals surface area contributed by atoms with Gasteiger partial charge in [0.1, 0.15) is 24.9 Å². The van der Waals surface area contributed by atoms with Crippen molar-refractivity contribution in [3.63, 3.8) is 0 Å². The molecule has 4 N–H and O–H groups in total. The Hall–Kier alpha value is -0.900. The molecule has 0 radical (unpaired) electrons. The van der Waals surface area contributed by atoms with Crippen molar-refractivity contribution in [2.75, 3.05) is 34.5 Å². The zero-order chi connectivity index (χ0) is 41.2. The molecule has 9 aliphatic rings. The molecular formula is C42H66O16. The van der Waals surface area contributed by atoms with E-state index in [1.807, 2.05) is 20.8 Å². The fourth-order valence-electron chi connectivity index (χ4n) is 13.1. The number of fused-ring (bicyclic) bond motifs is 4. The molecule has 1 spiro atoms. The second-order valence-corrected chi connectivity index (χ2v) is 19.1. The van der Waals surface area contributed by atoms with E-state index >= 15 is 0 Å². The molecule has 9 rings (SSSR count). The molecule has 330 valence electrons. The van der Waals surface area contributed by atoms with E-state index in [9.17, 15) is 20.4 Å². The van der Waals surface area contributed by atoms with Gasteiger partial charge >= 0.3 is 0 Å². The molecule has 0 aromatic carbocycles. The molecule has 16 nitrogen and oxygen atoms in total. The van der Waals surface area contributed by atoms with Crippen LogP contribution >= 0.6 is 0 Å². The summed E-state index contributed by atoms with van der Waals surface area (Å²) in [6, 6.07) is 0. The van der Waals surface area contributed by atoms with E-state index in [0.29, 0.717) is 44.9 Å². The molecule has 0 bridgehead atoms. The van der Waals surface area contributed by atoms with Crippen LogP contribution in [0.15, 0.2) is 11.6 Å². The fraction of sp³-hybridized carbons (Fsp3) is 0.952. The van der Waals surface area contributed by atoms with E-state index in [-0.39, 0.29) is 37.3 Å². The Morgan fingerprint density at radius 3 is 1.90 bits per heavy atom. The van der Waals surface area contributed by atoms with Crippen LogP contribution in [0.1, 0.15) is 86.0 Å². The van der Waals surface area contributed by atoms with Crippen LogP contribution in [0.3, 0.4) is 0 Å². The van der Waals surface area contributed by atoms with Crippen molar-refractivity contribution in [2.45, 2.75) is 189 Å². The maximum absolute atomic E-state index is 12.5. The summed E-state index contributed by atoms with van der Waals surface area (Å²) < 4.78 is 74.1. The first-order valence-corrected chi connectivity index (χ1v) is 21.5. The Kier molecular flexibility index (Phi) is 11.1. The van der Waals surface area contributed by atoms with Crippen molar-refractivity contribution < 1.29 is 77.3 Å². The van der Waals surface area contributed by atoms with E-state index in [1.165, 1.54) is 5.57 Å². The number of methoxy groups -OCH3 is 3. The lowest BCUT2D eigenvalue weighted by atomic mass is 9.47. The minimum atomic E-state index is -1.61. The smallest absolute Gasteiger partial charge is 0.201 e. The van der Waals surface area contributed by atoms with E-state index in [2.05, 4.69) is 13.0 Å². The summed E-state index contributed by atoms with van der Waals surface area (Å²) in [5.74, 6) is -4.91. The zero-order valence-corrected chi connectivity index (χ0v) is 35.2. The predicted molar refractivity (Wildman–Crippen MR) is 199 cm³/mol. The number of rotatable bonds is 9. The highest BCUT2D eigenvalue weighted by molar-refractivity contribution is 5.30. The number of ether oxygens (including phenoxy) is 12. The Morgan fingerprint density at radius 1 is 0.707 bits per heavy atom. The summed E-state index contributed by atoms with van der Waals surface area (Å²) in [5.41, 5.74) is 0.0510. The predicted octanol–water partition coefficient (Wildman–Crippen LogP) is 2.26. The number of allylic oxidation sites excluding steroid dienone is 1. The summed E-state index contributed by atoms with van der Waals surface area (Å²) in [7, 11) is 4.86. The first-order chi connectivity index (χ1) is 27.5. The van der Waals surface area contributed by atoms with Gasteiger partial charge in [-0.3, -0.25) is 0 Å². The molecule has 0 unspecified atom stereocenters. The minimum absolute atomic E-state index is 0.0289.